The predicted octanol–water partition coefficient (Wildman–Crippen LogP) is -4.05. The molecule has 4 heteroatoms. The molecule has 9 heavy (non-hydrogen) atoms. The van der Waals surface area contributed by atoms with Crippen molar-refractivity contribution >= 4 is 26.4 Å². The van der Waals surface area contributed by atoms with E-state index in [0.29, 0.717) is 0 Å². The third-order valence-corrected chi connectivity index (χ3v) is 3.25. The topological polar surface area (TPSA) is 7.45 Å². The Labute approximate surface area is 86.5 Å². The van der Waals surface area contributed by atoms with Crippen LogP contribution < -0.4 is 28.9 Å². The Bertz CT molecular complexity index is 133. The monoisotopic (exact) mass is 353 g/mol. The zero-order chi connectivity index (χ0) is 6.15. The third-order valence-electron chi connectivity index (χ3n) is 1.51. The van der Waals surface area contributed by atoms with E-state index in [1.165, 1.54) is 21.8 Å². The minimum atomic E-state index is 0. The number of amidine groups is 1. The van der Waals surface area contributed by atoms with Crippen molar-refractivity contribution in [2.24, 2.45) is 0 Å². The maximum Gasteiger partial charge on any atom is 0.395 e. The van der Waals surface area contributed by atoms with Crippen LogP contribution in [0.4, 0.5) is 0 Å². The molecule has 1 atom stereocenters. The maximum absolute atomic E-state index is 2.39. The second-order valence-corrected chi connectivity index (χ2v) is 3.26. The summed E-state index contributed by atoms with van der Waals surface area (Å²) in [5.41, 5.74) is 0. The van der Waals surface area contributed by atoms with E-state index < -0.39 is 0 Å². The van der Waals surface area contributed by atoms with E-state index in [9.17, 15) is 0 Å². The second-order valence-electron chi connectivity index (χ2n) is 2.24. The average molecular weight is 353 g/mol. The molecule has 0 aromatic heterocycles. The molecule has 0 spiro atoms. The number of hydrogen-bond acceptors (Lipinski definition) is 0. The van der Waals surface area contributed by atoms with Gasteiger partial charge in [0.2, 0.25) is 0 Å². The molecular weight excluding hydrogens is 342 g/mol. The first-order chi connectivity index (χ1) is 3.72. The van der Waals surface area contributed by atoms with Gasteiger partial charge in [-0.3, -0.25) is 0 Å². The van der Waals surface area contributed by atoms with E-state index in [-0.39, 0.29) is 24.0 Å². The average Bonchev–Trinajstić information content (AvgIpc) is 1.98. The molecule has 0 saturated carbocycles. The highest BCUT2D eigenvalue weighted by molar-refractivity contribution is 14.1. The van der Waals surface area contributed by atoms with E-state index in [4.69, 9.17) is 0 Å². The largest absolute Gasteiger partial charge is 1.00 e. The fourth-order valence-corrected chi connectivity index (χ4v) is 1.37. The van der Waals surface area contributed by atoms with Crippen molar-refractivity contribution in [3.8, 4) is 0 Å². The molecule has 1 rings (SSSR count). The summed E-state index contributed by atoms with van der Waals surface area (Å²) in [5.74, 6) is 0. The van der Waals surface area contributed by atoms with Gasteiger partial charge in [-0.1, -0.05) is 0 Å². The quantitative estimate of drug-likeness (QED) is 0.258. The van der Waals surface area contributed by atoms with Crippen LogP contribution in [-0.2, 0) is 0 Å². The summed E-state index contributed by atoms with van der Waals surface area (Å²) in [4.78, 5) is 1.54. The molecule has 0 fully saturated rings. The molecule has 2 nitrogen and oxygen atoms in total. The molecule has 1 aliphatic heterocycles. The molecule has 0 aromatic rings. The molecular formula is C5H11I2N2+. The van der Waals surface area contributed by atoms with E-state index in [0.717, 1.165) is 0 Å². The second kappa shape index (κ2) is 4.07. The van der Waals surface area contributed by atoms with Gasteiger partial charge in [0.25, 0.3) is 0 Å². The predicted molar refractivity (Wildman–Crippen MR) is 41.8 cm³/mol. The van der Waals surface area contributed by atoms with Gasteiger partial charge >= 0.3 is 3.84 Å². The summed E-state index contributed by atoms with van der Waals surface area (Å²) in [5, 5.41) is 0. The minimum Gasteiger partial charge on any atom is -1.00 e. The Kier molecular flexibility index (Phi) is 4.56. The van der Waals surface area contributed by atoms with Gasteiger partial charge in [0.05, 0.1) is 7.05 Å². The fourth-order valence-electron chi connectivity index (χ4n) is 0.863. The van der Waals surface area contributed by atoms with E-state index in [1.54, 1.807) is 0 Å². The van der Waals surface area contributed by atoms with Crippen LogP contribution in [0, 0.1) is 0 Å². The van der Waals surface area contributed by atoms with Gasteiger partial charge in [-0.2, -0.15) is 4.58 Å². The zero-order valence-electron chi connectivity index (χ0n) is 5.62. The van der Waals surface area contributed by atoms with Crippen molar-refractivity contribution in [3.05, 3.63) is 0 Å². The molecule has 1 heterocycles. The van der Waals surface area contributed by atoms with Crippen LogP contribution in [0.2, 0.25) is 0 Å². The molecule has 0 radical (unpaired) electrons. The van der Waals surface area contributed by atoms with Gasteiger partial charge in [-0.15, -0.1) is 0 Å². The molecule has 1 N–H and O–H groups in total. The smallest absolute Gasteiger partial charge is 0.395 e. The van der Waals surface area contributed by atoms with Crippen LogP contribution in [0.1, 0.15) is 0 Å². The number of quaternary nitrogens is 1. The van der Waals surface area contributed by atoms with Gasteiger partial charge in [0, 0.05) is 0 Å². The summed E-state index contributed by atoms with van der Waals surface area (Å²) in [6.07, 6.45) is 0. The summed E-state index contributed by atoms with van der Waals surface area (Å²) < 4.78 is 3.72. The lowest BCUT2D eigenvalue weighted by atomic mass is 10.6. The van der Waals surface area contributed by atoms with Gasteiger partial charge in [0.1, 0.15) is 36.2 Å². The van der Waals surface area contributed by atoms with Crippen molar-refractivity contribution in [1.29, 1.82) is 0 Å². The van der Waals surface area contributed by atoms with Crippen LogP contribution >= 0.6 is 22.6 Å². The summed E-state index contributed by atoms with van der Waals surface area (Å²) >= 11 is 2.39. The Balaban J connectivity index is 0.000000640. The van der Waals surface area contributed by atoms with Gasteiger partial charge in [0.15, 0.2) is 6.54 Å². The normalized spacial score (nSPS) is 26.3. The number of likely N-dealkylation sites (N-methyl/N-ethyl adjacent to an activating group) is 2. The zero-order valence-corrected chi connectivity index (χ0v) is 9.93. The lowest BCUT2D eigenvalue weighted by molar-refractivity contribution is -0.771. The molecule has 54 valence electrons. The molecule has 1 aliphatic rings. The highest BCUT2D eigenvalue weighted by Crippen LogP contribution is 1.84. The molecule has 1 unspecified atom stereocenters. The van der Waals surface area contributed by atoms with Crippen molar-refractivity contribution in [3.63, 3.8) is 0 Å². The highest BCUT2D eigenvalue weighted by atomic mass is 127. The first-order valence-corrected chi connectivity index (χ1v) is 3.86. The van der Waals surface area contributed by atoms with E-state index in [1.807, 2.05) is 0 Å². The van der Waals surface area contributed by atoms with Crippen LogP contribution in [0.15, 0.2) is 0 Å². The Hall–Kier alpha value is 1.09. The van der Waals surface area contributed by atoms with Crippen LogP contribution in [-0.4, -0.2) is 35.6 Å². The number of nitrogens with one attached hydrogen (secondary N) is 1. The first kappa shape index (κ1) is 10.1. The fraction of sp³-hybridized carbons (Fsp3) is 0.800. The van der Waals surface area contributed by atoms with Gasteiger partial charge in [-0.25, -0.2) is 4.90 Å². The lowest BCUT2D eigenvalue weighted by Crippen LogP contribution is -3.09. The summed E-state index contributed by atoms with van der Waals surface area (Å²) in [6, 6.07) is 0. The molecule has 0 amide bonds. The Morgan fingerprint density at radius 2 is 2.22 bits per heavy atom. The third kappa shape index (κ3) is 2.30. The number of halogens is 2. The Morgan fingerprint density at radius 1 is 1.67 bits per heavy atom. The minimum absolute atomic E-state index is 0. The van der Waals surface area contributed by atoms with Crippen molar-refractivity contribution in [2.45, 2.75) is 0 Å². The Morgan fingerprint density at radius 3 is 2.33 bits per heavy atom. The summed E-state index contributed by atoms with van der Waals surface area (Å²) in [6.45, 7) is 2.47. The molecule has 0 aliphatic carbocycles. The van der Waals surface area contributed by atoms with Gasteiger partial charge < -0.3 is 24.0 Å². The van der Waals surface area contributed by atoms with Crippen molar-refractivity contribution in [2.75, 3.05) is 27.2 Å². The van der Waals surface area contributed by atoms with Crippen molar-refractivity contribution in [1.82, 2.24) is 0 Å². The van der Waals surface area contributed by atoms with E-state index >= 15 is 0 Å². The van der Waals surface area contributed by atoms with E-state index in [2.05, 4.69) is 41.3 Å². The number of rotatable bonds is 0. The van der Waals surface area contributed by atoms with Crippen LogP contribution in [0.25, 0.3) is 0 Å². The van der Waals surface area contributed by atoms with Crippen LogP contribution in [0.5, 0.6) is 0 Å². The first-order valence-electron chi connectivity index (χ1n) is 2.78. The van der Waals surface area contributed by atoms with Gasteiger partial charge in [-0.05, 0) is 0 Å². The SMILES string of the molecule is C[N+]1=C(I)[NH+](C)CC1.[I-]. The summed E-state index contributed by atoms with van der Waals surface area (Å²) in [7, 11) is 4.34. The number of nitrogens with zero attached hydrogens (tertiary/aromatic N) is 1. The standard InChI is InChI=1S/C5H10IN2.HI/c1-7-3-4-8(2)5(7)6;/h3-4H2,1-2H3;1H/q+1;. The maximum atomic E-state index is 2.39. The number of hydrogen-bond donors (Lipinski definition) is 1. The van der Waals surface area contributed by atoms with Crippen molar-refractivity contribution < 1.29 is 33.5 Å². The lowest BCUT2D eigenvalue weighted by Gasteiger charge is -1.93. The highest BCUT2D eigenvalue weighted by Gasteiger charge is 2.25. The van der Waals surface area contributed by atoms with Crippen LogP contribution in [0.3, 0.4) is 0 Å². The molecule has 0 bridgehead atoms. The molecule has 0 aromatic carbocycles. The molecule has 0 saturated heterocycles.